The Hall–Kier alpha value is -0.550. The summed E-state index contributed by atoms with van der Waals surface area (Å²) >= 11 is 11.9. The molecule has 16 heavy (non-hydrogen) atoms. The number of rotatable bonds is 2. The highest BCUT2D eigenvalue weighted by molar-refractivity contribution is 6.42. The van der Waals surface area contributed by atoms with E-state index in [-0.39, 0.29) is 10.8 Å². The number of hydrogen-bond acceptors (Lipinski definition) is 4. The van der Waals surface area contributed by atoms with E-state index in [0.29, 0.717) is 0 Å². The van der Waals surface area contributed by atoms with Gasteiger partial charge in [-0.3, -0.25) is 4.79 Å². The number of aliphatic hydroxyl groups excluding tert-OH is 1. The summed E-state index contributed by atoms with van der Waals surface area (Å²) in [6.45, 7) is 1.66. The second-order valence-corrected chi connectivity index (χ2v) is 4.53. The van der Waals surface area contributed by atoms with Crippen LogP contribution >= 0.6 is 23.2 Å². The maximum atomic E-state index is 11.7. The first-order valence-electron chi connectivity index (χ1n) is 4.63. The quantitative estimate of drug-likeness (QED) is 0.604. The van der Waals surface area contributed by atoms with E-state index < -0.39 is 22.5 Å². The van der Waals surface area contributed by atoms with Gasteiger partial charge in [0.05, 0.1) is 12.1 Å². The van der Waals surface area contributed by atoms with Crippen LogP contribution in [0.3, 0.4) is 0 Å². The molecule has 1 saturated heterocycles. The van der Waals surface area contributed by atoms with Gasteiger partial charge in [-0.1, -0.05) is 29.3 Å². The highest BCUT2D eigenvalue weighted by atomic mass is 35.5. The van der Waals surface area contributed by atoms with E-state index in [1.165, 1.54) is 13.2 Å². The molecule has 0 saturated carbocycles. The second kappa shape index (κ2) is 3.47. The third-order valence-corrected chi connectivity index (χ3v) is 3.87. The summed E-state index contributed by atoms with van der Waals surface area (Å²) in [7, 11) is 1.35. The number of ketones is 1. The number of aliphatic hydroxyl groups is 1. The molecule has 4 nitrogen and oxygen atoms in total. The summed E-state index contributed by atoms with van der Waals surface area (Å²) in [5, 5.41) is 8.62. The van der Waals surface area contributed by atoms with Crippen LogP contribution in [0.1, 0.15) is 6.92 Å². The lowest BCUT2D eigenvalue weighted by atomic mass is 9.88. The molecule has 3 atom stereocenters. The average Bonchev–Trinajstić information content (AvgIpc) is 2.93. The Labute approximate surface area is 102 Å². The number of halogens is 2. The lowest BCUT2D eigenvalue weighted by Gasteiger charge is -2.25. The van der Waals surface area contributed by atoms with Gasteiger partial charge < -0.3 is 14.6 Å². The van der Waals surface area contributed by atoms with Gasteiger partial charge in [-0.05, 0) is 6.92 Å². The van der Waals surface area contributed by atoms with Crippen molar-refractivity contribution in [2.45, 2.75) is 23.7 Å². The van der Waals surface area contributed by atoms with Crippen LogP contribution in [0.15, 0.2) is 22.9 Å². The van der Waals surface area contributed by atoms with Gasteiger partial charge in [-0.2, -0.15) is 0 Å². The topological polar surface area (TPSA) is 59.1 Å². The number of alkyl halides is 1. The summed E-state index contributed by atoms with van der Waals surface area (Å²) in [4.78, 5) is 11.7. The van der Waals surface area contributed by atoms with Crippen molar-refractivity contribution in [1.82, 2.24) is 0 Å². The molecule has 0 radical (unpaired) electrons. The summed E-state index contributed by atoms with van der Waals surface area (Å²) in [6, 6.07) is 0. The fourth-order valence-corrected chi connectivity index (χ4v) is 2.59. The second-order valence-electron chi connectivity index (χ2n) is 3.59. The molecule has 6 heteroatoms. The zero-order valence-electron chi connectivity index (χ0n) is 8.66. The zero-order valence-corrected chi connectivity index (χ0v) is 10.2. The van der Waals surface area contributed by atoms with Crippen molar-refractivity contribution < 1.29 is 19.4 Å². The fourth-order valence-electron chi connectivity index (χ4n) is 1.88. The minimum absolute atomic E-state index is 0.0961. The Balaban J connectivity index is 2.51. The Morgan fingerprint density at radius 3 is 2.88 bits per heavy atom. The number of methoxy groups -OCH3 is 1. The number of carbonyl (C=O) groups excluding carboxylic acids is 1. The first kappa shape index (κ1) is 11.9. The summed E-state index contributed by atoms with van der Waals surface area (Å²) in [6.07, 6.45) is 1.47. The normalized spacial score (nSPS) is 42.6. The van der Waals surface area contributed by atoms with Gasteiger partial charge in [0.25, 0.3) is 0 Å². The Morgan fingerprint density at radius 2 is 2.38 bits per heavy atom. The monoisotopic (exact) mass is 264 g/mol. The molecule has 1 heterocycles. The Bertz CT molecular complexity index is 417. The standard InChI is InChI=1S/C10H10Cl2O4/c1-3-6(11)9-8(14)5(15-2)4-7(13)10(9,12)16-9/h3-4,8,14H,1-2H3/b6-3-/t8-,9+,10-/m1/s1. The van der Waals surface area contributed by atoms with Crippen molar-refractivity contribution in [2.75, 3.05) is 7.11 Å². The lowest BCUT2D eigenvalue weighted by Crippen LogP contribution is -2.44. The van der Waals surface area contributed by atoms with Crippen LogP contribution in [0.2, 0.25) is 0 Å². The molecular weight excluding hydrogens is 255 g/mol. The van der Waals surface area contributed by atoms with E-state index in [4.69, 9.17) is 32.7 Å². The Kier molecular flexibility index (Phi) is 2.58. The van der Waals surface area contributed by atoms with Gasteiger partial charge in [-0.25, -0.2) is 0 Å². The number of epoxide rings is 1. The maximum Gasteiger partial charge on any atom is 0.243 e. The van der Waals surface area contributed by atoms with Crippen molar-refractivity contribution in [1.29, 1.82) is 0 Å². The fraction of sp³-hybridized carbons (Fsp3) is 0.500. The minimum Gasteiger partial charge on any atom is -0.498 e. The highest BCUT2D eigenvalue weighted by Crippen LogP contribution is 2.62. The maximum absolute atomic E-state index is 11.7. The zero-order chi connectivity index (χ0) is 12.1. The van der Waals surface area contributed by atoms with Crippen molar-refractivity contribution >= 4 is 29.0 Å². The molecule has 88 valence electrons. The predicted molar refractivity (Wildman–Crippen MR) is 58.1 cm³/mol. The van der Waals surface area contributed by atoms with Gasteiger partial charge in [0.15, 0.2) is 5.60 Å². The summed E-state index contributed by atoms with van der Waals surface area (Å²) < 4.78 is 10.1. The molecule has 1 N–H and O–H groups in total. The van der Waals surface area contributed by atoms with Crippen LogP contribution in [-0.4, -0.2) is 34.8 Å². The van der Waals surface area contributed by atoms with Crippen molar-refractivity contribution in [2.24, 2.45) is 0 Å². The Morgan fingerprint density at radius 1 is 1.75 bits per heavy atom. The number of hydrogen-bond donors (Lipinski definition) is 1. The van der Waals surface area contributed by atoms with E-state index in [0.717, 1.165) is 6.08 Å². The predicted octanol–water partition coefficient (Wildman–Crippen LogP) is 1.31. The number of allylic oxidation sites excluding steroid dienone is 1. The molecule has 0 unspecified atom stereocenters. The molecular formula is C10H10Cl2O4. The molecule has 1 fully saturated rings. The molecule has 0 amide bonds. The van der Waals surface area contributed by atoms with E-state index in [1.54, 1.807) is 6.92 Å². The third kappa shape index (κ3) is 1.16. The van der Waals surface area contributed by atoms with E-state index in [9.17, 15) is 9.90 Å². The summed E-state index contributed by atoms with van der Waals surface area (Å²) in [5.41, 5.74) is -1.40. The largest absolute Gasteiger partial charge is 0.498 e. The van der Waals surface area contributed by atoms with Crippen molar-refractivity contribution in [3.8, 4) is 0 Å². The van der Waals surface area contributed by atoms with Crippen LogP contribution in [0, 0.1) is 0 Å². The first-order valence-corrected chi connectivity index (χ1v) is 5.39. The third-order valence-electron chi connectivity index (χ3n) is 2.83. The van der Waals surface area contributed by atoms with Gasteiger partial charge in [-0.15, -0.1) is 0 Å². The van der Waals surface area contributed by atoms with Crippen LogP contribution in [0.25, 0.3) is 0 Å². The molecule has 0 aromatic rings. The van der Waals surface area contributed by atoms with Gasteiger partial charge in [0.1, 0.15) is 11.9 Å². The number of fused-ring (bicyclic) bond motifs is 1. The van der Waals surface area contributed by atoms with Gasteiger partial charge in [0.2, 0.25) is 10.8 Å². The minimum atomic E-state index is -1.60. The molecule has 1 aliphatic carbocycles. The molecule has 1 aliphatic heterocycles. The molecule has 0 aromatic heterocycles. The summed E-state index contributed by atoms with van der Waals surface area (Å²) in [5.74, 6) is -0.380. The SMILES string of the molecule is C/C=C(\Cl)[C@@]12O[C@]1(Cl)C(=O)C=C(OC)[C@H]2O. The number of carbonyl (C=O) groups is 1. The van der Waals surface area contributed by atoms with Crippen LogP contribution in [-0.2, 0) is 14.3 Å². The highest BCUT2D eigenvalue weighted by Gasteiger charge is 2.81. The van der Waals surface area contributed by atoms with Crippen LogP contribution in [0.5, 0.6) is 0 Å². The molecule has 0 bridgehead atoms. The molecule has 2 aliphatic rings. The first-order chi connectivity index (χ1) is 7.44. The van der Waals surface area contributed by atoms with E-state index >= 15 is 0 Å². The van der Waals surface area contributed by atoms with Crippen LogP contribution in [0.4, 0.5) is 0 Å². The van der Waals surface area contributed by atoms with Crippen LogP contribution < -0.4 is 0 Å². The van der Waals surface area contributed by atoms with Gasteiger partial charge >= 0.3 is 0 Å². The smallest absolute Gasteiger partial charge is 0.243 e. The van der Waals surface area contributed by atoms with Gasteiger partial charge in [0, 0.05) is 6.08 Å². The van der Waals surface area contributed by atoms with Crippen molar-refractivity contribution in [3.05, 3.63) is 22.9 Å². The van der Waals surface area contributed by atoms with E-state index in [1.807, 2.05) is 0 Å². The number of ether oxygens (including phenoxy) is 2. The molecule has 2 rings (SSSR count). The average molecular weight is 265 g/mol. The molecule has 0 aromatic carbocycles. The molecule has 0 spiro atoms. The van der Waals surface area contributed by atoms with E-state index in [2.05, 4.69) is 0 Å². The lowest BCUT2D eigenvalue weighted by molar-refractivity contribution is -0.117. The van der Waals surface area contributed by atoms with Crippen molar-refractivity contribution in [3.63, 3.8) is 0 Å².